The summed E-state index contributed by atoms with van der Waals surface area (Å²) < 4.78 is 0. The first kappa shape index (κ1) is 10.2. The molecule has 0 aliphatic rings. The van der Waals surface area contributed by atoms with Crippen molar-refractivity contribution in [1.29, 1.82) is 5.26 Å². The molecule has 1 aromatic heterocycles. The first-order chi connectivity index (χ1) is 6.36. The average molecular weight is 194 g/mol. The molecule has 0 amide bonds. The van der Waals surface area contributed by atoms with Gasteiger partial charge in [0.1, 0.15) is 0 Å². The van der Waals surface area contributed by atoms with Crippen LogP contribution >= 0.6 is 11.3 Å². The maximum Gasteiger partial charge on any atom is 0.0638 e. The van der Waals surface area contributed by atoms with Crippen molar-refractivity contribution in [3.8, 4) is 6.07 Å². The molecule has 1 aromatic rings. The fourth-order valence-electron chi connectivity index (χ4n) is 1.13. The molecular formula is C10H14N2S. The fourth-order valence-corrected chi connectivity index (χ4v) is 1.78. The van der Waals surface area contributed by atoms with E-state index in [-0.39, 0.29) is 0 Å². The molecule has 0 aromatic carbocycles. The lowest BCUT2D eigenvalue weighted by atomic mass is 10.2. The van der Waals surface area contributed by atoms with Gasteiger partial charge in [0.05, 0.1) is 12.5 Å². The summed E-state index contributed by atoms with van der Waals surface area (Å²) in [5.41, 5.74) is 0. The molecule has 0 saturated heterocycles. The molecule has 1 N–H and O–H groups in total. The molecule has 2 nitrogen and oxygen atoms in total. The maximum atomic E-state index is 8.54. The van der Waals surface area contributed by atoms with E-state index in [2.05, 4.69) is 29.8 Å². The minimum Gasteiger partial charge on any atom is -0.308 e. The van der Waals surface area contributed by atoms with Crippen LogP contribution in [0.2, 0.25) is 0 Å². The molecule has 1 unspecified atom stereocenters. The summed E-state index contributed by atoms with van der Waals surface area (Å²) in [5.74, 6) is 0. The Hall–Kier alpha value is -0.850. The van der Waals surface area contributed by atoms with E-state index < -0.39 is 0 Å². The number of hydrogen-bond acceptors (Lipinski definition) is 3. The van der Waals surface area contributed by atoms with Gasteiger partial charge in [-0.3, -0.25) is 0 Å². The van der Waals surface area contributed by atoms with Crippen molar-refractivity contribution in [2.45, 2.75) is 32.4 Å². The number of nitriles is 1. The van der Waals surface area contributed by atoms with Gasteiger partial charge in [0, 0.05) is 17.5 Å². The van der Waals surface area contributed by atoms with E-state index in [1.165, 1.54) is 4.88 Å². The zero-order chi connectivity index (χ0) is 9.52. The molecule has 0 radical (unpaired) electrons. The Kier molecular flexibility index (Phi) is 4.52. The van der Waals surface area contributed by atoms with E-state index >= 15 is 0 Å². The summed E-state index contributed by atoms with van der Waals surface area (Å²) in [6.45, 7) is 2.99. The molecule has 13 heavy (non-hydrogen) atoms. The summed E-state index contributed by atoms with van der Waals surface area (Å²) in [4.78, 5) is 1.33. The van der Waals surface area contributed by atoms with Crippen LogP contribution in [0.1, 0.15) is 24.6 Å². The average Bonchev–Trinajstić information content (AvgIpc) is 2.64. The van der Waals surface area contributed by atoms with Gasteiger partial charge in [-0.05, 0) is 17.9 Å². The van der Waals surface area contributed by atoms with E-state index in [4.69, 9.17) is 5.26 Å². The first-order valence-electron chi connectivity index (χ1n) is 4.49. The summed E-state index contributed by atoms with van der Waals surface area (Å²) in [6.07, 6.45) is 1.61. The second kappa shape index (κ2) is 5.74. The molecule has 1 heterocycles. The standard InChI is InChI=1S/C10H14N2S/c1-2-9(5-6-11)12-8-10-4-3-7-13-10/h3-4,7,9,12H,2,5,8H2,1H3. The smallest absolute Gasteiger partial charge is 0.0638 e. The molecule has 1 atom stereocenters. The van der Waals surface area contributed by atoms with Crippen molar-refractivity contribution in [2.24, 2.45) is 0 Å². The van der Waals surface area contributed by atoms with Gasteiger partial charge in [0.25, 0.3) is 0 Å². The highest BCUT2D eigenvalue weighted by atomic mass is 32.1. The molecule has 0 bridgehead atoms. The molecule has 0 aliphatic carbocycles. The van der Waals surface area contributed by atoms with Crippen molar-refractivity contribution in [3.63, 3.8) is 0 Å². The summed E-state index contributed by atoms with van der Waals surface area (Å²) in [5, 5.41) is 14.0. The molecule has 1 rings (SSSR count). The number of rotatable bonds is 5. The number of hydrogen-bond donors (Lipinski definition) is 1. The van der Waals surface area contributed by atoms with Crippen LogP contribution in [0.25, 0.3) is 0 Å². The van der Waals surface area contributed by atoms with Gasteiger partial charge >= 0.3 is 0 Å². The molecule has 0 spiro atoms. The van der Waals surface area contributed by atoms with Crippen LogP contribution < -0.4 is 5.32 Å². The Morgan fingerprint density at radius 1 is 1.69 bits per heavy atom. The highest BCUT2D eigenvalue weighted by Gasteiger charge is 2.04. The Bertz CT molecular complexity index is 261. The van der Waals surface area contributed by atoms with Crippen molar-refractivity contribution in [2.75, 3.05) is 0 Å². The SMILES string of the molecule is CCC(CC#N)NCc1cccs1. The van der Waals surface area contributed by atoms with Gasteiger partial charge in [0.2, 0.25) is 0 Å². The first-order valence-corrected chi connectivity index (χ1v) is 5.37. The number of thiophene rings is 1. The second-order valence-electron chi connectivity index (χ2n) is 2.93. The fraction of sp³-hybridized carbons (Fsp3) is 0.500. The third-order valence-electron chi connectivity index (χ3n) is 1.98. The van der Waals surface area contributed by atoms with Crippen LogP contribution in [0.3, 0.4) is 0 Å². The van der Waals surface area contributed by atoms with Gasteiger partial charge in [-0.1, -0.05) is 13.0 Å². The highest BCUT2D eigenvalue weighted by molar-refractivity contribution is 7.09. The van der Waals surface area contributed by atoms with Crippen molar-refractivity contribution < 1.29 is 0 Å². The normalized spacial score (nSPS) is 12.3. The van der Waals surface area contributed by atoms with Gasteiger partial charge in [-0.15, -0.1) is 11.3 Å². The lowest BCUT2D eigenvalue weighted by Gasteiger charge is -2.11. The Labute approximate surface area is 83.2 Å². The van der Waals surface area contributed by atoms with E-state index in [1.807, 2.05) is 6.07 Å². The van der Waals surface area contributed by atoms with E-state index in [9.17, 15) is 0 Å². The van der Waals surface area contributed by atoms with E-state index in [0.717, 1.165) is 13.0 Å². The van der Waals surface area contributed by atoms with E-state index in [1.54, 1.807) is 11.3 Å². The van der Waals surface area contributed by atoms with Crippen LogP contribution in [0.4, 0.5) is 0 Å². The monoisotopic (exact) mass is 194 g/mol. The van der Waals surface area contributed by atoms with Gasteiger partial charge in [0.15, 0.2) is 0 Å². The largest absolute Gasteiger partial charge is 0.308 e. The second-order valence-corrected chi connectivity index (χ2v) is 3.96. The Morgan fingerprint density at radius 3 is 3.08 bits per heavy atom. The summed E-state index contributed by atoms with van der Waals surface area (Å²) >= 11 is 1.75. The summed E-state index contributed by atoms with van der Waals surface area (Å²) in [7, 11) is 0. The van der Waals surface area contributed by atoms with E-state index in [0.29, 0.717) is 12.5 Å². The quantitative estimate of drug-likeness (QED) is 0.782. The summed E-state index contributed by atoms with van der Waals surface area (Å²) in [6, 6.07) is 6.69. The van der Waals surface area contributed by atoms with Crippen LogP contribution in [0.15, 0.2) is 17.5 Å². The van der Waals surface area contributed by atoms with Crippen LogP contribution in [0, 0.1) is 11.3 Å². The molecule has 3 heteroatoms. The number of nitrogens with zero attached hydrogens (tertiary/aromatic N) is 1. The van der Waals surface area contributed by atoms with Crippen molar-refractivity contribution in [3.05, 3.63) is 22.4 Å². The topological polar surface area (TPSA) is 35.8 Å². The van der Waals surface area contributed by atoms with Crippen LogP contribution in [-0.4, -0.2) is 6.04 Å². The molecule has 70 valence electrons. The molecule has 0 saturated carbocycles. The van der Waals surface area contributed by atoms with Crippen LogP contribution in [0.5, 0.6) is 0 Å². The third-order valence-corrected chi connectivity index (χ3v) is 2.85. The van der Waals surface area contributed by atoms with Gasteiger partial charge in [-0.2, -0.15) is 5.26 Å². The lowest BCUT2D eigenvalue weighted by Crippen LogP contribution is -2.26. The van der Waals surface area contributed by atoms with Crippen LogP contribution in [-0.2, 0) is 6.54 Å². The zero-order valence-electron chi connectivity index (χ0n) is 7.79. The Balaban J connectivity index is 2.28. The van der Waals surface area contributed by atoms with Crippen molar-refractivity contribution in [1.82, 2.24) is 5.32 Å². The number of nitrogens with one attached hydrogen (secondary N) is 1. The predicted molar refractivity (Wildman–Crippen MR) is 55.5 cm³/mol. The zero-order valence-corrected chi connectivity index (χ0v) is 8.60. The molecule has 0 fully saturated rings. The van der Waals surface area contributed by atoms with Crippen molar-refractivity contribution >= 4 is 11.3 Å². The predicted octanol–water partition coefficient (Wildman–Crippen LogP) is 2.53. The van der Waals surface area contributed by atoms with Gasteiger partial charge < -0.3 is 5.32 Å². The highest BCUT2D eigenvalue weighted by Crippen LogP contribution is 2.08. The third kappa shape index (κ3) is 3.58. The molecule has 0 aliphatic heterocycles. The Morgan fingerprint density at radius 2 is 2.54 bits per heavy atom. The minimum atomic E-state index is 0.340. The molecular weight excluding hydrogens is 180 g/mol. The lowest BCUT2D eigenvalue weighted by molar-refractivity contribution is 0.507. The minimum absolute atomic E-state index is 0.340. The van der Waals surface area contributed by atoms with Gasteiger partial charge in [-0.25, -0.2) is 0 Å². The maximum absolute atomic E-state index is 8.54.